The predicted octanol–water partition coefficient (Wildman–Crippen LogP) is 2.35. The van der Waals surface area contributed by atoms with E-state index in [1.807, 2.05) is 26.0 Å². The molecule has 0 aromatic carbocycles. The van der Waals surface area contributed by atoms with Crippen molar-refractivity contribution in [2.75, 3.05) is 0 Å². The smallest absolute Gasteiger partial charge is 0.241 e. The third kappa shape index (κ3) is 6.40. The van der Waals surface area contributed by atoms with Crippen LogP contribution in [0.1, 0.15) is 39.5 Å². The maximum atomic E-state index is 11.5. The molecule has 0 unspecified atom stereocenters. The lowest BCUT2D eigenvalue weighted by molar-refractivity contribution is -0.122. The molecule has 0 aliphatic carbocycles. The van der Waals surface area contributed by atoms with Gasteiger partial charge in [-0.25, -0.2) is 0 Å². The molecule has 0 aromatic heterocycles. The Morgan fingerprint density at radius 1 is 1.50 bits per heavy atom. The summed E-state index contributed by atoms with van der Waals surface area (Å²) in [5, 5.41) is 2.70. The molecule has 3 nitrogen and oxygen atoms in total. The number of nitrogens with one attached hydrogen (secondary N) is 1. The molecule has 0 aliphatic rings. The first-order valence-electron chi connectivity index (χ1n) is 5.95. The van der Waals surface area contributed by atoms with Crippen molar-refractivity contribution in [1.82, 2.24) is 5.32 Å². The van der Waals surface area contributed by atoms with Crippen molar-refractivity contribution in [2.24, 2.45) is 11.7 Å². The van der Waals surface area contributed by atoms with Gasteiger partial charge in [0.25, 0.3) is 0 Å². The minimum atomic E-state index is -0.414. The van der Waals surface area contributed by atoms with E-state index >= 15 is 0 Å². The second-order valence-corrected chi connectivity index (χ2v) is 4.04. The molecule has 0 radical (unpaired) electrons. The van der Waals surface area contributed by atoms with Gasteiger partial charge in [-0.1, -0.05) is 32.4 Å². The number of carbonyl (C=O) groups is 1. The molecule has 3 N–H and O–H groups in total. The van der Waals surface area contributed by atoms with Crippen LogP contribution in [0.15, 0.2) is 24.9 Å². The zero-order valence-electron chi connectivity index (χ0n) is 10.4. The summed E-state index contributed by atoms with van der Waals surface area (Å²) >= 11 is 0. The highest BCUT2D eigenvalue weighted by atomic mass is 16.2. The average molecular weight is 224 g/mol. The maximum Gasteiger partial charge on any atom is 0.241 e. The summed E-state index contributed by atoms with van der Waals surface area (Å²) in [6.45, 7) is 7.66. The summed E-state index contributed by atoms with van der Waals surface area (Å²) in [6, 6.07) is -0.414. The van der Waals surface area contributed by atoms with Gasteiger partial charge in [0.1, 0.15) is 0 Å². The largest absolute Gasteiger partial charge is 0.332 e. The minimum Gasteiger partial charge on any atom is -0.332 e. The molecule has 16 heavy (non-hydrogen) atoms. The van der Waals surface area contributed by atoms with Crippen molar-refractivity contribution in [2.45, 2.75) is 45.6 Å². The zero-order chi connectivity index (χ0) is 12.4. The fraction of sp³-hybridized carbons (Fsp3) is 0.615. The van der Waals surface area contributed by atoms with Gasteiger partial charge in [0.2, 0.25) is 5.91 Å². The van der Waals surface area contributed by atoms with Crippen LogP contribution in [0.5, 0.6) is 0 Å². The number of allylic oxidation sites excluding steroid dienone is 2. The standard InChI is InChI=1S/C13H24N2O/c1-4-6-7-8-9-10-15-13(16)12(14)11(3)5-2/h4,9-12H,1,5-8,14H2,2-3H3,(H,15,16)/b10-9+/t11-,12-/m0/s1. The van der Waals surface area contributed by atoms with Crippen LogP contribution < -0.4 is 11.1 Å². The number of hydrogen-bond donors (Lipinski definition) is 2. The Morgan fingerprint density at radius 2 is 2.19 bits per heavy atom. The third-order valence-electron chi connectivity index (χ3n) is 2.68. The van der Waals surface area contributed by atoms with Crippen molar-refractivity contribution in [3.63, 3.8) is 0 Å². The Balaban J connectivity index is 3.75. The van der Waals surface area contributed by atoms with E-state index in [0.717, 1.165) is 25.7 Å². The molecule has 0 saturated heterocycles. The molecule has 1 amide bonds. The SMILES string of the molecule is C=CCCC/C=C/NC(=O)[C@@H](N)[C@@H](C)CC. The number of hydrogen-bond acceptors (Lipinski definition) is 2. The quantitative estimate of drug-likeness (QED) is 0.491. The second kappa shape index (κ2) is 9.16. The van der Waals surface area contributed by atoms with Crippen LogP contribution in [0.4, 0.5) is 0 Å². The molecule has 92 valence electrons. The van der Waals surface area contributed by atoms with Crippen molar-refractivity contribution in [3.05, 3.63) is 24.9 Å². The van der Waals surface area contributed by atoms with Crippen molar-refractivity contribution < 1.29 is 4.79 Å². The molecule has 0 fully saturated rings. The lowest BCUT2D eigenvalue weighted by atomic mass is 10.00. The molecule has 0 rings (SSSR count). The Labute approximate surface area is 98.8 Å². The molecule has 0 heterocycles. The highest BCUT2D eigenvalue weighted by Crippen LogP contribution is 2.04. The Hall–Kier alpha value is -1.09. The summed E-state index contributed by atoms with van der Waals surface area (Å²) in [6.07, 6.45) is 9.46. The number of unbranched alkanes of at least 4 members (excludes halogenated alkanes) is 2. The van der Waals surface area contributed by atoms with Crippen LogP contribution in [0.25, 0.3) is 0 Å². The van der Waals surface area contributed by atoms with Crippen LogP contribution in [0.2, 0.25) is 0 Å². The third-order valence-corrected chi connectivity index (χ3v) is 2.68. The van der Waals surface area contributed by atoms with E-state index in [0.29, 0.717) is 0 Å². The minimum absolute atomic E-state index is 0.102. The van der Waals surface area contributed by atoms with Crippen LogP contribution in [0, 0.1) is 5.92 Å². The van der Waals surface area contributed by atoms with E-state index in [2.05, 4.69) is 11.9 Å². The summed E-state index contributed by atoms with van der Waals surface area (Å²) in [4.78, 5) is 11.5. The number of amides is 1. The molecular formula is C13H24N2O. The van der Waals surface area contributed by atoms with Crippen molar-refractivity contribution in [3.8, 4) is 0 Å². The molecule has 2 atom stereocenters. The lowest BCUT2D eigenvalue weighted by Crippen LogP contribution is -2.42. The highest BCUT2D eigenvalue weighted by molar-refractivity contribution is 5.82. The van der Waals surface area contributed by atoms with E-state index in [1.54, 1.807) is 6.20 Å². The van der Waals surface area contributed by atoms with E-state index < -0.39 is 6.04 Å². The van der Waals surface area contributed by atoms with E-state index in [9.17, 15) is 4.79 Å². The maximum absolute atomic E-state index is 11.5. The Morgan fingerprint density at radius 3 is 2.75 bits per heavy atom. The molecule has 0 bridgehead atoms. The van der Waals surface area contributed by atoms with E-state index in [1.165, 1.54) is 0 Å². The van der Waals surface area contributed by atoms with Crippen molar-refractivity contribution >= 4 is 5.91 Å². The van der Waals surface area contributed by atoms with Gasteiger partial charge < -0.3 is 11.1 Å². The molecule has 3 heteroatoms. The second-order valence-electron chi connectivity index (χ2n) is 4.04. The van der Waals surface area contributed by atoms with Gasteiger partial charge in [-0.05, 0) is 31.4 Å². The van der Waals surface area contributed by atoms with E-state index in [-0.39, 0.29) is 11.8 Å². The van der Waals surface area contributed by atoms with Gasteiger partial charge in [-0.2, -0.15) is 0 Å². The van der Waals surface area contributed by atoms with Crippen LogP contribution >= 0.6 is 0 Å². The number of nitrogens with two attached hydrogens (primary N) is 1. The average Bonchev–Trinajstić information content (AvgIpc) is 2.31. The van der Waals surface area contributed by atoms with Crippen LogP contribution in [-0.2, 0) is 4.79 Å². The van der Waals surface area contributed by atoms with Crippen LogP contribution in [0.3, 0.4) is 0 Å². The number of rotatable bonds is 8. The summed E-state index contributed by atoms with van der Waals surface area (Å²) in [5.41, 5.74) is 5.77. The first-order valence-corrected chi connectivity index (χ1v) is 5.95. The monoisotopic (exact) mass is 224 g/mol. The topological polar surface area (TPSA) is 55.1 Å². The molecule has 0 aromatic rings. The molecule has 0 saturated carbocycles. The fourth-order valence-electron chi connectivity index (χ4n) is 1.21. The zero-order valence-corrected chi connectivity index (χ0v) is 10.4. The molecule has 0 aliphatic heterocycles. The van der Waals surface area contributed by atoms with Gasteiger partial charge >= 0.3 is 0 Å². The number of carbonyl (C=O) groups excluding carboxylic acids is 1. The first-order chi connectivity index (χ1) is 7.63. The van der Waals surface area contributed by atoms with Gasteiger partial charge in [-0.15, -0.1) is 6.58 Å². The van der Waals surface area contributed by atoms with Gasteiger partial charge in [0, 0.05) is 0 Å². The normalized spacial score (nSPS) is 14.7. The summed E-state index contributed by atoms with van der Waals surface area (Å²) in [5.74, 6) is 0.114. The highest BCUT2D eigenvalue weighted by Gasteiger charge is 2.17. The van der Waals surface area contributed by atoms with Gasteiger partial charge in [0.05, 0.1) is 6.04 Å². The lowest BCUT2D eigenvalue weighted by Gasteiger charge is -2.16. The molecular weight excluding hydrogens is 200 g/mol. The van der Waals surface area contributed by atoms with Crippen molar-refractivity contribution in [1.29, 1.82) is 0 Å². The first kappa shape index (κ1) is 14.9. The summed E-state index contributed by atoms with van der Waals surface area (Å²) in [7, 11) is 0. The van der Waals surface area contributed by atoms with Gasteiger partial charge in [-0.3, -0.25) is 4.79 Å². The molecule has 0 spiro atoms. The summed E-state index contributed by atoms with van der Waals surface area (Å²) < 4.78 is 0. The van der Waals surface area contributed by atoms with Crippen LogP contribution in [-0.4, -0.2) is 11.9 Å². The van der Waals surface area contributed by atoms with E-state index in [4.69, 9.17) is 5.73 Å². The fourth-order valence-corrected chi connectivity index (χ4v) is 1.21. The predicted molar refractivity (Wildman–Crippen MR) is 68.8 cm³/mol. The van der Waals surface area contributed by atoms with Gasteiger partial charge in [0.15, 0.2) is 0 Å². The Bertz CT molecular complexity index is 236. The Kier molecular flexibility index (Phi) is 8.53.